The maximum absolute atomic E-state index is 6.29. The summed E-state index contributed by atoms with van der Waals surface area (Å²) in [5.74, 6) is 0.530. The molecule has 0 saturated carbocycles. The Kier molecular flexibility index (Phi) is 5.33. The van der Waals surface area contributed by atoms with Gasteiger partial charge in [0.2, 0.25) is 5.95 Å². The molecule has 0 bridgehead atoms. The van der Waals surface area contributed by atoms with Crippen LogP contribution in [0, 0.1) is 0 Å². The smallest absolute Gasteiger partial charge is 0.222 e. The van der Waals surface area contributed by atoms with E-state index in [9.17, 15) is 0 Å². The average Bonchev–Trinajstić information content (AvgIpc) is 2.61. The van der Waals surface area contributed by atoms with Crippen molar-refractivity contribution in [2.75, 3.05) is 24.6 Å². The van der Waals surface area contributed by atoms with E-state index in [2.05, 4.69) is 20.3 Å². The second-order valence-electron chi connectivity index (χ2n) is 6.01. The van der Waals surface area contributed by atoms with E-state index in [4.69, 9.17) is 23.1 Å². The van der Waals surface area contributed by atoms with Crippen molar-refractivity contribution < 1.29 is 0 Å². The summed E-state index contributed by atoms with van der Waals surface area (Å²) in [6.45, 7) is 3.86. The van der Waals surface area contributed by atoms with Crippen molar-refractivity contribution in [1.29, 1.82) is 0 Å². The van der Waals surface area contributed by atoms with Crippen LogP contribution in [0.4, 0.5) is 17.5 Å². The minimum Gasteiger partial charge on any atom is -0.383 e. The number of nitrogens with zero attached hydrogens (tertiary/aromatic N) is 5. The molecule has 25 heavy (non-hydrogen) atoms. The number of halogens is 1. The largest absolute Gasteiger partial charge is 0.383 e. The van der Waals surface area contributed by atoms with Gasteiger partial charge in [-0.1, -0.05) is 29.8 Å². The van der Waals surface area contributed by atoms with Crippen molar-refractivity contribution in [3.63, 3.8) is 0 Å². The zero-order valence-corrected chi connectivity index (χ0v) is 15.0. The standard InChI is InChI=1S/C17H22ClN7/c1-2-13-15(16(19)22-17(20)21-13)11-6-7-12(18)14(10-11)23-24-25-8-4-3-5-9-25/h6-7,10H,2-5,8-9H2,1H3,(H4,19,20,21,22). The molecule has 1 saturated heterocycles. The molecule has 2 aromatic rings. The van der Waals surface area contributed by atoms with Crippen LogP contribution >= 0.6 is 11.6 Å². The lowest BCUT2D eigenvalue weighted by Gasteiger charge is -2.21. The minimum absolute atomic E-state index is 0.178. The fourth-order valence-electron chi connectivity index (χ4n) is 2.94. The molecule has 1 aliphatic rings. The second kappa shape index (κ2) is 7.65. The molecule has 4 N–H and O–H groups in total. The predicted molar refractivity (Wildman–Crippen MR) is 101 cm³/mol. The molecule has 1 fully saturated rings. The van der Waals surface area contributed by atoms with E-state index in [-0.39, 0.29) is 5.95 Å². The number of benzene rings is 1. The quantitative estimate of drug-likeness (QED) is 0.802. The Morgan fingerprint density at radius 3 is 2.64 bits per heavy atom. The summed E-state index contributed by atoms with van der Waals surface area (Å²) < 4.78 is 0. The molecular weight excluding hydrogens is 338 g/mol. The molecule has 8 heteroatoms. The van der Waals surface area contributed by atoms with Crippen molar-refractivity contribution >= 4 is 29.1 Å². The molecule has 132 valence electrons. The topological polar surface area (TPSA) is 106 Å². The molecular formula is C17H22ClN7. The number of hydrogen-bond acceptors (Lipinski definition) is 6. The van der Waals surface area contributed by atoms with Gasteiger partial charge in [0.05, 0.1) is 10.7 Å². The van der Waals surface area contributed by atoms with Gasteiger partial charge in [0, 0.05) is 18.7 Å². The Morgan fingerprint density at radius 1 is 1.16 bits per heavy atom. The van der Waals surface area contributed by atoms with Crippen molar-refractivity contribution in [2.24, 2.45) is 10.3 Å². The van der Waals surface area contributed by atoms with Crippen LogP contribution in [-0.2, 0) is 6.42 Å². The molecule has 1 aromatic heterocycles. The summed E-state index contributed by atoms with van der Waals surface area (Å²) in [6.07, 6.45) is 4.23. The maximum Gasteiger partial charge on any atom is 0.222 e. The summed E-state index contributed by atoms with van der Waals surface area (Å²) >= 11 is 6.29. The summed E-state index contributed by atoms with van der Waals surface area (Å²) in [4.78, 5) is 8.37. The van der Waals surface area contributed by atoms with Crippen LogP contribution in [-0.4, -0.2) is 28.1 Å². The zero-order chi connectivity index (χ0) is 17.8. The van der Waals surface area contributed by atoms with Crippen LogP contribution in [0.3, 0.4) is 0 Å². The molecule has 0 spiro atoms. The van der Waals surface area contributed by atoms with Crippen molar-refractivity contribution in [3.05, 3.63) is 28.9 Å². The fourth-order valence-corrected chi connectivity index (χ4v) is 3.09. The third kappa shape index (κ3) is 3.99. The van der Waals surface area contributed by atoms with Gasteiger partial charge in [-0.3, -0.25) is 5.01 Å². The molecule has 3 rings (SSSR count). The molecule has 2 heterocycles. The normalized spacial score (nSPS) is 15.0. The van der Waals surface area contributed by atoms with Crippen LogP contribution in [0.25, 0.3) is 11.1 Å². The van der Waals surface area contributed by atoms with Crippen LogP contribution < -0.4 is 11.5 Å². The van der Waals surface area contributed by atoms with E-state index in [1.807, 2.05) is 24.1 Å². The highest BCUT2D eigenvalue weighted by molar-refractivity contribution is 6.33. The molecule has 1 aromatic carbocycles. The first-order valence-electron chi connectivity index (χ1n) is 8.47. The van der Waals surface area contributed by atoms with Gasteiger partial charge in [-0.25, -0.2) is 4.98 Å². The monoisotopic (exact) mass is 359 g/mol. The Morgan fingerprint density at radius 2 is 1.92 bits per heavy atom. The minimum atomic E-state index is 0.178. The first-order chi connectivity index (χ1) is 12.1. The van der Waals surface area contributed by atoms with Crippen LogP contribution in [0.2, 0.25) is 5.02 Å². The highest BCUT2D eigenvalue weighted by atomic mass is 35.5. The first-order valence-corrected chi connectivity index (χ1v) is 8.84. The Labute approximate surface area is 152 Å². The van der Waals surface area contributed by atoms with E-state index >= 15 is 0 Å². The summed E-state index contributed by atoms with van der Waals surface area (Å²) in [5, 5.41) is 11.2. The van der Waals surface area contributed by atoms with Gasteiger partial charge in [0.1, 0.15) is 11.5 Å². The second-order valence-corrected chi connectivity index (χ2v) is 6.42. The third-order valence-corrected chi connectivity index (χ3v) is 4.53. The van der Waals surface area contributed by atoms with Crippen molar-refractivity contribution in [3.8, 4) is 11.1 Å². The highest BCUT2D eigenvalue weighted by Crippen LogP contribution is 2.35. The van der Waals surface area contributed by atoms with E-state index in [1.54, 1.807) is 6.07 Å². The Balaban J connectivity index is 1.95. The van der Waals surface area contributed by atoms with E-state index in [0.717, 1.165) is 42.8 Å². The highest BCUT2D eigenvalue weighted by Gasteiger charge is 2.14. The van der Waals surface area contributed by atoms with Gasteiger partial charge in [-0.2, -0.15) is 4.98 Å². The third-order valence-electron chi connectivity index (χ3n) is 4.21. The van der Waals surface area contributed by atoms with Crippen LogP contribution in [0.5, 0.6) is 0 Å². The summed E-state index contributed by atoms with van der Waals surface area (Å²) in [5.41, 5.74) is 14.8. The molecule has 0 radical (unpaired) electrons. The van der Waals surface area contributed by atoms with Crippen molar-refractivity contribution in [2.45, 2.75) is 32.6 Å². The van der Waals surface area contributed by atoms with Crippen LogP contribution in [0.15, 0.2) is 28.5 Å². The fraction of sp³-hybridized carbons (Fsp3) is 0.412. The molecule has 0 atom stereocenters. The number of nitrogen functional groups attached to an aromatic ring is 2. The number of aromatic nitrogens is 2. The van der Waals surface area contributed by atoms with Crippen LogP contribution in [0.1, 0.15) is 31.9 Å². The number of piperidine rings is 1. The van der Waals surface area contributed by atoms with Gasteiger partial charge in [-0.15, -0.1) is 5.11 Å². The van der Waals surface area contributed by atoms with Gasteiger partial charge in [0.25, 0.3) is 0 Å². The molecule has 1 aliphatic heterocycles. The first kappa shape index (κ1) is 17.4. The summed E-state index contributed by atoms with van der Waals surface area (Å²) in [7, 11) is 0. The Hall–Kier alpha value is -2.41. The van der Waals surface area contributed by atoms with Gasteiger partial charge >= 0.3 is 0 Å². The van der Waals surface area contributed by atoms with E-state index in [0.29, 0.717) is 22.9 Å². The lowest BCUT2D eigenvalue weighted by atomic mass is 10.0. The number of hydrogen-bond donors (Lipinski definition) is 2. The molecule has 0 amide bonds. The predicted octanol–water partition coefficient (Wildman–Crippen LogP) is 4.01. The van der Waals surface area contributed by atoms with Gasteiger partial charge in [0.15, 0.2) is 0 Å². The van der Waals surface area contributed by atoms with Crippen molar-refractivity contribution in [1.82, 2.24) is 15.0 Å². The SMILES string of the molecule is CCc1nc(N)nc(N)c1-c1ccc(Cl)c(N=NN2CCCCC2)c1. The molecule has 0 unspecified atom stereocenters. The molecule has 7 nitrogen and oxygen atoms in total. The summed E-state index contributed by atoms with van der Waals surface area (Å²) in [6, 6.07) is 5.53. The number of rotatable bonds is 4. The average molecular weight is 360 g/mol. The lowest BCUT2D eigenvalue weighted by Crippen LogP contribution is -2.23. The zero-order valence-electron chi connectivity index (χ0n) is 14.2. The maximum atomic E-state index is 6.29. The number of anilines is 2. The van der Waals surface area contributed by atoms with E-state index in [1.165, 1.54) is 6.42 Å². The van der Waals surface area contributed by atoms with Gasteiger partial charge < -0.3 is 11.5 Å². The Bertz CT molecular complexity index is 785. The number of aryl methyl sites for hydroxylation is 1. The lowest BCUT2D eigenvalue weighted by molar-refractivity contribution is 0.224. The van der Waals surface area contributed by atoms with Gasteiger partial charge in [-0.05, 0) is 43.4 Å². The molecule has 0 aliphatic carbocycles. The number of nitrogens with two attached hydrogens (primary N) is 2. The van der Waals surface area contributed by atoms with E-state index < -0.39 is 0 Å².